The summed E-state index contributed by atoms with van der Waals surface area (Å²) in [4.78, 5) is 0. The van der Waals surface area contributed by atoms with Crippen molar-refractivity contribution in [2.45, 2.75) is 0 Å². The Balaban J connectivity index is 0.00000121. The van der Waals surface area contributed by atoms with Crippen LogP contribution in [0, 0.1) is 0 Å². The van der Waals surface area contributed by atoms with E-state index in [0.29, 0.717) is 18.2 Å². The highest BCUT2D eigenvalue weighted by molar-refractivity contribution is 6.30. The smallest absolute Gasteiger partial charge is 0.119 e. The summed E-state index contributed by atoms with van der Waals surface area (Å²) in [5.74, 6) is 0.805. The van der Waals surface area contributed by atoms with Crippen molar-refractivity contribution in [1.82, 2.24) is 0 Å². The largest absolute Gasteiger partial charge is 0.492 e. The summed E-state index contributed by atoms with van der Waals surface area (Å²) < 4.78 is 5.23. The number of hydrogen-bond acceptors (Lipinski definition) is 2. The van der Waals surface area contributed by atoms with Gasteiger partial charge in [-0.05, 0) is 24.3 Å². The molecule has 1 rings (SSSR count). The minimum atomic E-state index is 0. The Hall–Kier alpha value is -0.440. The highest BCUT2D eigenvalue weighted by atomic mass is 35.5. The third-order valence-electron chi connectivity index (χ3n) is 1.20. The van der Waals surface area contributed by atoms with E-state index in [4.69, 9.17) is 22.1 Å². The molecular formula is C8H11Cl2NO. The van der Waals surface area contributed by atoms with Crippen LogP contribution in [0.15, 0.2) is 24.3 Å². The molecule has 1 aromatic rings. The fourth-order valence-corrected chi connectivity index (χ4v) is 0.834. The molecule has 0 radical (unpaired) electrons. The summed E-state index contributed by atoms with van der Waals surface area (Å²) in [6.45, 7) is 1.07. The Morgan fingerprint density at radius 3 is 2.33 bits per heavy atom. The minimum Gasteiger partial charge on any atom is -0.492 e. The van der Waals surface area contributed by atoms with Crippen molar-refractivity contribution in [1.29, 1.82) is 0 Å². The second kappa shape index (κ2) is 6.12. The molecule has 2 N–H and O–H groups in total. The Kier molecular flexibility index (Phi) is 5.89. The fourth-order valence-electron chi connectivity index (χ4n) is 0.708. The molecule has 0 aromatic heterocycles. The van der Waals surface area contributed by atoms with Crippen molar-refractivity contribution in [3.63, 3.8) is 0 Å². The molecule has 0 unspecified atom stereocenters. The maximum absolute atomic E-state index is 5.67. The van der Waals surface area contributed by atoms with Crippen molar-refractivity contribution in [2.75, 3.05) is 13.2 Å². The molecule has 0 spiro atoms. The van der Waals surface area contributed by atoms with Gasteiger partial charge in [-0.15, -0.1) is 12.4 Å². The SMILES string of the molecule is Cl.NCCOc1ccc(Cl)cc1. The fraction of sp³-hybridized carbons (Fsp3) is 0.250. The van der Waals surface area contributed by atoms with Gasteiger partial charge in [0.05, 0.1) is 0 Å². The molecule has 0 saturated heterocycles. The van der Waals surface area contributed by atoms with E-state index in [1.54, 1.807) is 12.1 Å². The summed E-state index contributed by atoms with van der Waals surface area (Å²) in [5.41, 5.74) is 5.26. The van der Waals surface area contributed by atoms with Gasteiger partial charge in [-0.3, -0.25) is 0 Å². The van der Waals surface area contributed by atoms with E-state index < -0.39 is 0 Å². The molecule has 0 aliphatic heterocycles. The lowest BCUT2D eigenvalue weighted by Gasteiger charge is -2.02. The minimum absolute atomic E-state index is 0. The second-order valence-electron chi connectivity index (χ2n) is 2.09. The number of hydrogen-bond donors (Lipinski definition) is 1. The molecule has 0 fully saturated rings. The highest BCUT2D eigenvalue weighted by Crippen LogP contribution is 2.14. The van der Waals surface area contributed by atoms with Gasteiger partial charge in [0.25, 0.3) is 0 Å². The Morgan fingerprint density at radius 1 is 1.25 bits per heavy atom. The van der Waals surface area contributed by atoms with Crippen LogP contribution in [-0.2, 0) is 0 Å². The van der Waals surface area contributed by atoms with E-state index in [0.717, 1.165) is 5.75 Å². The molecule has 0 amide bonds. The summed E-state index contributed by atoms with van der Waals surface area (Å²) >= 11 is 5.67. The van der Waals surface area contributed by atoms with E-state index in [1.807, 2.05) is 12.1 Å². The molecule has 0 saturated carbocycles. The van der Waals surface area contributed by atoms with Crippen molar-refractivity contribution in [3.8, 4) is 5.75 Å². The van der Waals surface area contributed by atoms with E-state index in [9.17, 15) is 0 Å². The predicted octanol–water partition coefficient (Wildman–Crippen LogP) is 2.10. The third-order valence-corrected chi connectivity index (χ3v) is 1.45. The summed E-state index contributed by atoms with van der Waals surface area (Å²) in [6, 6.07) is 7.21. The zero-order chi connectivity index (χ0) is 8.10. The van der Waals surface area contributed by atoms with E-state index in [-0.39, 0.29) is 12.4 Å². The Labute approximate surface area is 83.1 Å². The normalized spacial score (nSPS) is 8.83. The molecule has 68 valence electrons. The van der Waals surface area contributed by atoms with Gasteiger partial charge in [-0.25, -0.2) is 0 Å². The van der Waals surface area contributed by atoms with Crippen LogP contribution in [0.2, 0.25) is 5.02 Å². The Morgan fingerprint density at radius 2 is 1.83 bits per heavy atom. The van der Waals surface area contributed by atoms with E-state index in [1.165, 1.54) is 0 Å². The average Bonchev–Trinajstić information content (AvgIpc) is 2.04. The monoisotopic (exact) mass is 207 g/mol. The van der Waals surface area contributed by atoms with Crippen LogP contribution in [0.1, 0.15) is 0 Å². The second-order valence-corrected chi connectivity index (χ2v) is 2.53. The number of halogens is 2. The van der Waals surface area contributed by atoms with Crippen molar-refractivity contribution in [2.24, 2.45) is 5.73 Å². The molecular weight excluding hydrogens is 197 g/mol. The first-order valence-corrected chi connectivity index (χ1v) is 3.79. The lowest BCUT2D eigenvalue weighted by atomic mass is 10.3. The highest BCUT2D eigenvalue weighted by Gasteiger charge is 1.90. The number of ether oxygens (including phenoxy) is 1. The molecule has 0 bridgehead atoms. The van der Waals surface area contributed by atoms with Gasteiger partial charge in [0.1, 0.15) is 12.4 Å². The number of rotatable bonds is 3. The van der Waals surface area contributed by atoms with Crippen LogP contribution in [-0.4, -0.2) is 13.2 Å². The molecule has 1 aromatic carbocycles. The molecule has 4 heteroatoms. The van der Waals surface area contributed by atoms with Crippen LogP contribution in [0.4, 0.5) is 0 Å². The zero-order valence-corrected chi connectivity index (χ0v) is 8.07. The first-order valence-electron chi connectivity index (χ1n) is 3.41. The maximum Gasteiger partial charge on any atom is 0.119 e. The molecule has 0 atom stereocenters. The van der Waals surface area contributed by atoms with Gasteiger partial charge in [0.2, 0.25) is 0 Å². The standard InChI is InChI=1S/C8H10ClNO.ClH/c9-7-1-3-8(4-2-7)11-6-5-10;/h1-4H,5-6,10H2;1H. The third kappa shape index (κ3) is 3.81. The van der Waals surface area contributed by atoms with Crippen molar-refractivity contribution < 1.29 is 4.74 Å². The maximum atomic E-state index is 5.67. The van der Waals surface area contributed by atoms with Crippen molar-refractivity contribution in [3.05, 3.63) is 29.3 Å². The first kappa shape index (κ1) is 11.6. The lowest BCUT2D eigenvalue weighted by molar-refractivity contribution is 0.328. The van der Waals surface area contributed by atoms with Gasteiger partial charge < -0.3 is 10.5 Å². The van der Waals surface area contributed by atoms with Crippen molar-refractivity contribution >= 4 is 24.0 Å². The predicted molar refractivity (Wildman–Crippen MR) is 53.2 cm³/mol. The van der Waals surface area contributed by atoms with Crippen LogP contribution in [0.25, 0.3) is 0 Å². The topological polar surface area (TPSA) is 35.2 Å². The van der Waals surface area contributed by atoms with E-state index in [2.05, 4.69) is 0 Å². The summed E-state index contributed by atoms with van der Waals surface area (Å²) in [7, 11) is 0. The van der Waals surface area contributed by atoms with Crippen LogP contribution < -0.4 is 10.5 Å². The van der Waals surface area contributed by atoms with E-state index >= 15 is 0 Å². The molecule has 0 aliphatic rings. The Bertz CT molecular complexity index is 213. The molecule has 12 heavy (non-hydrogen) atoms. The molecule has 2 nitrogen and oxygen atoms in total. The van der Waals surface area contributed by atoms with Crippen LogP contribution >= 0.6 is 24.0 Å². The van der Waals surface area contributed by atoms with Gasteiger partial charge in [-0.2, -0.15) is 0 Å². The van der Waals surface area contributed by atoms with Gasteiger partial charge in [0, 0.05) is 11.6 Å². The lowest BCUT2D eigenvalue weighted by Crippen LogP contribution is -2.10. The number of nitrogens with two attached hydrogens (primary N) is 1. The van der Waals surface area contributed by atoms with Crippen LogP contribution in [0.5, 0.6) is 5.75 Å². The first-order chi connectivity index (χ1) is 5.33. The molecule has 0 aliphatic carbocycles. The molecule has 0 heterocycles. The average molecular weight is 208 g/mol. The van der Waals surface area contributed by atoms with Gasteiger partial charge in [0.15, 0.2) is 0 Å². The number of benzene rings is 1. The van der Waals surface area contributed by atoms with Crippen LogP contribution in [0.3, 0.4) is 0 Å². The zero-order valence-electron chi connectivity index (χ0n) is 6.50. The van der Waals surface area contributed by atoms with Gasteiger partial charge in [-0.1, -0.05) is 11.6 Å². The summed E-state index contributed by atoms with van der Waals surface area (Å²) in [5, 5.41) is 0.713. The van der Waals surface area contributed by atoms with Gasteiger partial charge >= 0.3 is 0 Å². The quantitative estimate of drug-likeness (QED) is 0.825. The summed E-state index contributed by atoms with van der Waals surface area (Å²) in [6.07, 6.45) is 0.